The van der Waals surface area contributed by atoms with Gasteiger partial charge in [-0.15, -0.1) is 0 Å². The van der Waals surface area contributed by atoms with Crippen LogP contribution in [0.1, 0.15) is 22.8 Å². The molecule has 2 aromatic carbocycles. The number of hydrogen-bond acceptors (Lipinski definition) is 4. The molecule has 3 N–H and O–H groups in total. The van der Waals surface area contributed by atoms with Crippen molar-refractivity contribution in [3.8, 4) is 0 Å². The predicted molar refractivity (Wildman–Crippen MR) is 92.5 cm³/mol. The fraction of sp³-hybridized carbons (Fsp3) is 0.333. The lowest BCUT2D eigenvalue weighted by atomic mass is 9.92. The van der Waals surface area contributed by atoms with E-state index in [2.05, 4.69) is 0 Å². The summed E-state index contributed by atoms with van der Waals surface area (Å²) in [4.78, 5) is 0. The molecule has 3 rings (SSSR count). The van der Waals surface area contributed by atoms with E-state index >= 15 is 0 Å². The van der Waals surface area contributed by atoms with Crippen LogP contribution in [0.3, 0.4) is 0 Å². The second-order valence-corrected chi connectivity index (χ2v) is 6.87. The standard InChI is InChI=1S/C18H17Cl2FO4/c19-12-4-1-9(2-5-12)7-11-8-10(3-6-13(11)20)17-16(23)15(22)14(21)18(24)25-17/h1-6,8,14-18,22-24H,7H2/t14?,15-,16+,17-,18-/m0/s1. The predicted octanol–water partition coefficient (Wildman–Crippen LogP) is 3.03. The molecule has 0 amide bonds. The Balaban J connectivity index is 1.87. The van der Waals surface area contributed by atoms with Crippen molar-refractivity contribution in [3.05, 3.63) is 69.2 Å². The van der Waals surface area contributed by atoms with E-state index in [4.69, 9.17) is 27.9 Å². The first kappa shape index (κ1) is 18.6. The molecule has 2 aromatic rings. The molecule has 1 heterocycles. The van der Waals surface area contributed by atoms with Gasteiger partial charge in [-0.3, -0.25) is 0 Å². The maximum Gasteiger partial charge on any atom is 0.189 e. The second kappa shape index (κ2) is 7.58. The van der Waals surface area contributed by atoms with Crippen molar-refractivity contribution in [2.75, 3.05) is 0 Å². The van der Waals surface area contributed by atoms with E-state index in [0.717, 1.165) is 11.1 Å². The number of alkyl halides is 1. The first-order valence-corrected chi connectivity index (χ1v) is 8.49. The summed E-state index contributed by atoms with van der Waals surface area (Å²) in [5, 5.41) is 30.5. The third-order valence-electron chi connectivity index (χ3n) is 4.25. The molecular formula is C18H17Cl2FO4. The summed E-state index contributed by atoms with van der Waals surface area (Å²) in [5.74, 6) is 0. The summed E-state index contributed by atoms with van der Waals surface area (Å²) in [6.45, 7) is 0. The van der Waals surface area contributed by atoms with E-state index in [1.165, 1.54) is 0 Å². The van der Waals surface area contributed by atoms with Crippen molar-refractivity contribution < 1.29 is 24.4 Å². The Morgan fingerprint density at radius 2 is 1.64 bits per heavy atom. The number of rotatable bonds is 3. The van der Waals surface area contributed by atoms with Gasteiger partial charge in [0.2, 0.25) is 0 Å². The van der Waals surface area contributed by atoms with Gasteiger partial charge in [-0.2, -0.15) is 0 Å². The molecule has 1 fully saturated rings. The summed E-state index contributed by atoms with van der Waals surface area (Å²) < 4.78 is 18.7. The van der Waals surface area contributed by atoms with Crippen LogP contribution in [0, 0.1) is 0 Å². The van der Waals surface area contributed by atoms with Gasteiger partial charge in [0.25, 0.3) is 0 Å². The van der Waals surface area contributed by atoms with Gasteiger partial charge in [0.05, 0.1) is 0 Å². The van der Waals surface area contributed by atoms with E-state index in [-0.39, 0.29) is 0 Å². The lowest BCUT2D eigenvalue weighted by Gasteiger charge is -2.37. The van der Waals surface area contributed by atoms with E-state index in [9.17, 15) is 19.7 Å². The lowest BCUT2D eigenvalue weighted by molar-refractivity contribution is -0.268. The van der Waals surface area contributed by atoms with E-state index in [0.29, 0.717) is 22.0 Å². The Morgan fingerprint density at radius 1 is 0.960 bits per heavy atom. The smallest absolute Gasteiger partial charge is 0.189 e. The average Bonchev–Trinajstić information content (AvgIpc) is 2.60. The van der Waals surface area contributed by atoms with Gasteiger partial charge in [-0.1, -0.05) is 47.5 Å². The Labute approximate surface area is 154 Å². The minimum atomic E-state index is -2.06. The molecule has 1 saturated heterocycles. The Kier molecular flexibility index (Phi) is 5.63. The third-order valence-corrected chi connectivity index (χ3v) is 4.87. The van der Waals surface area contributed by atoms with Crippen LogP contribution in [-0.4, -0.2) is 40.0 Å². The molecule has 25 heavy (non-hydrogen) atoms. The van der Waals surface area contributed by atoms with E-state index in [1.54, 1.807) is 30.3 Å². The van der Waals surface area contributed by atoms with Crippen LogP contribution < -0.4 is 0 Å². The number of ether oxygens (including phenoxy) is 1. The highest BCUT2D eigenvalue weighted by atomic mass is 35.5. The van der Waals surface area contributed by atoms with E-state index in [1.807, 2.05) is 12.1 Å². The largest absolute Gasteiger partial charge is 0.387 e. The molecule has 1 unspecified atom stereocenters. The maximum atomic E-state index is 13.6. The summed E-state index contributed by atoms with van der Waals surface area (Å²) in [7, 11) is 0. The number of hydrogen-bond donors (Lipinski definition) is 3. The summed E-state index contributed by atoms with van der Waals surface area (Å²) in [6, 6.07) is 12.3. The number of benzene rings is 2. The molecule has 0 bridgehead atoms. The van der Waals surface area contributed by atoms with Crippen molar-refractivity contribution in [2.24, 2.45) is 0 Å². The second-order valence-electron chi connectivity index (χ2n) is 6.03. The fourth-order valence-electron chi connectivity index (χ4n) is 2.85. The minimum Gasteiger partial charge on any atom is -0.387 e. The molecule has 5 atom stereocenters. The highest BCUT2D eigenvalue weighted by molar-refractivity contribution is 6.31. The average molecular weight is 387 g/mol. The van der Waals surface area contributed by atoms with Crippen LogP contribution >= 0.6 is 23.2 Å². The van der Waals surface area contributed by atoms with Gasteiger partial charge in [-0.05, 0) is 41.3 Å². The van der Waals surface area contributed by atoms with Gasteiger partial charge < -0.3 is 20.1 Å². The first-order chi connectivity index (χ1) is 11.9. The van der Waals surface area contributed by atoms with Crippen LogP contribution in [0.25, 0.3) is 0 Å². The number of halogens is 3. The number of aliphatic hydroxyl groups excluding tert-OH is 3. The molecule has 7 heteroatoms. The van der Waals surface area contributed by atoms with Gasteiger partial charge >= 0.3 is 0 Å². The fourth-order valence-corrected chi connectivity index (χ4v) is 3.16. The lowest BCUT2D eigenvalue weighted by Crippen LogP contribution is -2.52. The normalized spacial score (nSPS) is 29.6. The topological polar surface area (TPSA) is 69.9 Å². The monoisotopic (exact) mass is 386 g/mol. The Hall–Kier alpha value is -1.21. The van der Waals surface area contributed by atoms with E-state index < -0.39 is 30.8 Å². The zero-order valence-corrected chi connectivity index (χ0v) is 14.5. The number of aliphatic hydroxyl groups is 3. The molecule has 1 aliphatic heterocycles. The zero-order chi connectivity index (χ0) is 18.1. The van der Waals surface area contributed by atoms with Gasteiger partial charge in [0, 0.05) is 10.0 Å². The molecule has 0 saturated carbocycles. The SMILES string of the molecule is O[C@H]1[C@H](c2ccc(Cl)c(Cc3ccc(Cl)cc3)c2)O[C@H](O)C(F)[C@@H]1O. The Bertz CT molecular complexity index is 740. The van der Waals surface area contributed by atoms with Crippen molar-refractivity contribution in [1.82, 2.24) is 0 Å². The highest BCUT2D eigenvalue weighted by Crippen LogP contribution is 2.34. The summed E-state index contributed by atoms with van der Waals surface area (Å²) >= 11 is 12.1. The minimum absolute atomic E-state index is 0.492. The molecule has 0 aliphatic carbocycles. The van der Waals surface area contributed by atoms with Crippen molar-refractivity contribution in [3.63, 3.8) is 0 Å². The van der Waals surface area contributed by atoms with Crippen LogP contribution in [0.5, 0.6) is 0 Å². The van der Waals surface area contributed by atoms with Crippen molar-refractivity contribution >= 4 is 23.2 Å². The molecule has 4 nitrogen and oxygen atoms in total. The molecule has 0 radical (unpaired) electrons. The van der Waals surface area contributed by atoms with Crippen LogP contribution in [0.4, 0.5) is 4.39 Å². The van der Waals surface area contributed by atoms with Crippen molar-refractivity contribution in [2.45, 2.75) is 37.2 Å². The molecular weight excluding hydrogens is 370 g/mol. The van der Waals surface area contributed by atoms with Crippen LogP contribution in [0.15, 0.2) is 42.5 Å². The molecule has 134 valence electrons. The molecule has 1 aliphatic rings. The van der Waals surface area contributed by atoms with Gasteiger partial charge in [0.15, 0.2) is 12.5 Å². The molecule has 0 aromatic heterocycles. The van der Waals surface area contributed by atoms with Gasteiger partial charge in [-0.25, -0.2) is 4.39 Å². The first-order valence-electron chi connectivity index (χ1n) is 7.73. The quantitative estimate of drug-likeness (QED) is 0.758. The Morgan fingerprint density at radius 3 is 2.32 bits per heavy atom. The summed E-state index contributed by atoms with van der Waals surface area (Å²) in [6.07, 6.45) is -7.64. The maximum absolute atomic E-state index is 13.6. The summed E-state index contributed by atoms with van der Waals surface area (Å²) in [5.41, 5.74) is 2.24. The zero-order valence-electron chi connectivity index (χ0n) is 13.0. The highest BCUT2D eigenvalue weighted by Gasteiger charge is 2.44. The van der Waals surface area contributed by atoms with Crippen LogP contribution in [0.2, 0.25) is 10.0 Å². The van der Waals surface area contributed by atoms with Crippen LogP contribution in [-0.2, 0) is 11.2 Å². The van der Waals surface area contributed by atoms with Crippen molar-refractivity contribution in [1.29, 1.82) is 0 Å². The third kappa shape index (κ3) is 3.97. The molecule has 0 spiro atoms. The van der Waals surface area contributed by atoms with Gasteiger partial charge in [0.1, 0.15) is 18.3 Å².